The van der Waals surface area contributed by atoms with E-state index in [0.29, 0.717) is 5.84 Å². The molecule has 0 atom stereocenters. The van der Waals surface area contributed by atoms with Crippen molar-refractivity contribution in [1.82, 2.24) is 0 Å². The summed E-state index contributed by atoms with van der Waals surface area (Å²) in [5, 5.41) is 0. The number of nitrogens with two attached hydrogens (primary N) is 1. The standard InChI is InChI=1S/C6H14N2/c1-3-4-5-8-6(2)7/h3-5H2,1-2H3,(H2,7,8). The average Bonchev–Trinajstić information content (AvgIpc) is 1.66. The van der Waals surface area contributed by atoms with E-state index in [1.807, 2.05) is 6.92 Å². The number of unbranched alkanes of at least 4 members (excludes halogenated alkanes) is 1. The van der Waals surface area contributed by atoms with Crippen LogP contribution in [0.2, 0.25) is 0 Å². The predicted octanol–water partition coefficient (Wildman–Crippen LogP) is 1.16. The molecule has 0 aromatic carbocycles. The van der Waals surface area contributed by atoms with Gasteiger partial charge in [-0.2, -0.15) is 0 Å². The summed E-state index contributed by atoms with van der Waals surface area (Å²) in [7, 11) is 0. The van der Waals surface area contributed by atoms with E-state index in [1.54, 1.807) is 0 Å². The summed E-state index contributed by atoms with van der Waals surface area (Å²) >= 11 is 0. The highest BCUT2D eigenvalue weighted by atomic mass is 14.8. The fraction of sp³-hybridized carbons (Fsp3) is 0.833. The lowest BCUT2D eigenvalue weighted by Crippen LogP contribution is -2.05. The lowest BCUT2D eigenvalue weighted by atomic mass is 10.3. The molecule has 2 N–H and O–H groups in total. The van der Waals surface area contributed by atoms with Gasteiger partial charge >= 0.3 is 0 Å². The number of rotatable bonds is 3. The molecule has 0 aromatic rings. The van der Waals surface area contributed by atoms with Crippen LogP contribution in [0.3, 0.4) is 0 Å². The first-order valence-electron chi connectivity index (χ1n) is 3.04. The van der Waals surface area contributed by atoms with Gasteiger partial charge in [0.15, 0.2) is 0 Å². The maximum atomic E-state index is 5.28. The van der Waals surface area contributed by atoms with Crippen LogP contribution in [0.4, 0.5) is 0 Å². The summed E-state index contributed by atoms with van der Waals surface area (Å²) in [4.78, 5) is 4.01. The summed E-state index contributed by atoms with van der Waals surface area (Å²) in [5.74, 6) is 0.693. The molecule has 0 spiro atoms. The number of hydrogen-bond acceptors (Lipinski definition) is 1. The van der Waals surface area contributed by atoms with E-state index in [9.17, 15) is 0 Å². The zero-order valence-electron chi connectivity index (χ0n) is 5.65. The van der Waals surface area contributed by atoms with Crippen LogP contribution in [0.1, 0.15) is 26.7 Å². The topological polar surface area (TPSA) is 38.4 Å². The normalized spacial score (nSPS) is 12.0. The molecule has 0 aromatic heterocycles. The van der Waals surface area contributed by atoms with Crippen LogP contribution in [0.5, 0.6) is 0 Å². The minimum Gasteiger partial charge on any atom is -0.388 e. The number of aliphatic imine (C=N–C) groups is 1. The van der Waals surface area contributed by atoms with Gasteiger partial charge in [0, 0.05) is 6.54 Å². The van der Waals surface area contributed by atoms with Crippen molar-refractivity contribution in [3.63, 3.8) is 0 Å². The molecule has 48 valence electrons. The molecule has 0 radical (unpaired) electrons. The maximum Gasteiger partial charge on any atom is 0.0905 e. The monoisotopic (exact) mass is 114 g/mol. The third-order valence-corrected chi connectivity index (χ3v) is 0.873. The van der Waals surface area contributed by atoms with Crippen molar-refractivity contribution in [3.05, 3.63) is 0 Å². The number of hydrogen-bond donors (Lipinski definition) is 1. The Kier molecular flexibility index (Phi) is 4.32. The average molecular weight is 114 g/mol. The molecule has 0 aliphatic carbocycles. The molecule has 0 saturated carbocycles. The van der Waals surface area contributed by atoms with Gasteiger partial charge in [0.05, 0.1) is 5.84 Å². The van der Waals surface area contributed by atoms with Crippen LogP contribution in [0.25, 0.3) is 0 Å². The van der Waals surface area contributed by atoms with Crippen LogP contribution < -0.4 is 5.73 Å². The molecule has 2 heteroatoms. The predicted molar refractivity (Wildman–Crippen MR) is 37.1 cm³/mol. The lowest BCUT2D eigenvalue weighted by molar-refractivity contribution is 0.807. The highest BCUT2D eigenvalue weighted by Crippen LogP contribution is 1.85. The second-order valence-electron chi connectivity index (χ2n) is 1.88. The smallest absolute Gasteiger partial charge is 0.0905 e. The first-order valence-corrected chi connectivity index (χ1v) is 3.04. The fourth-order valence-electron chi connectivity index (χ4n) is 0.414. The van der Waals surface area contributed by atoms with Crippen molar-refractivity contribution in [2.24, 2.45) is 10.7 Å². The Morgan fingerprint density at radius 1 is 1.62 bits per heavy atom. The van der Waals surface area contributed by atoms with Gasteiger partial charge in [-0.25, -0.2) is 0 Å². The van der Waals surface area contributed by atoms with Crippen molar-refractivity contribution < 1.29 is 0 Å². The van der Waals surface area contributed by atoms with Crippen molar-refractivity contribution in [1.29, 1.82) is 0 Å². The van der Waals surface area contributed by atoms with Crippen molar-refractivity contribution in [3.8, 4) is 0 Å². The molecule has 0 heterocycles. The van der Waals surface area contributed by atoms with E-state index >= 15 is 0 Å². The van der Waals surface area contributed by atoms with E-state index in [2.05, 4.69) is 11.9 Å². The Hall–Kier alpha value is -0.530. The number of nitrogens with zero attached hydrogens (tertiary/aromatic N) is 1. The molecule has 0 saturated heterocycles. The SMILES string of the molecule is CCCCN=C(C)N. The highest BCUT2D eigenvalue weighted by Gasteiger charge is 1.78. The zero-order chi connectivity index (χ0) is 6.41. The highest BCUT2D eigenvalue weighted by molar-refractivity contribution is 5.77. The summed E-state index contributed by atoms with van der Waals surface area (Å²) in [6, 6.07) is 0. The van der Waals surface area contributed by atoms with E-state index in [4.69, 9.17) is 5.73 Å². The molecule has 2 nitrogen and oxygen atoms in total. The van der Waals surface area contributed by atoms with Crippen LogP contribution in [-0.4, -0.2) is 12.4 Å². The van der Waals surface area contributed by atoms with Gasteiger partial charge in [-0.3, -0.25) is 4.99 Å². The zero-order valence-corrected chi connectivity index (χ0v) is 5.65. The first-order chi connectivity index (χ1) is 3.77. The van der Waals surface area contributed by atoms with Gasteiger partial charge in [-0.1, -0.05) is 13.3 Å². The Balaban J connectivity index is 3.03. The Bertz CT molecular complexity index is 72.6. The molecule has 0 rings (SSSR count). The molecule has 0 fully saturated rings. The number of amidine groups is 1. The third kappa shape index (κ3) is 5.47. The first kappa shape index (κ1) is 7.47. The molecule has 8 heavy (non-hydrogen) atoms. The van der Waals surface area contributed by atoms with Gasteiger partial charge in [-0.05, 0) is 13.3 Å². The second-order valence-corrected chi connectivity index (χ2v) is 1.88. The van der Waals surface area contributed by atoms with E-state index in [1.165, 1.54) is 6.42 Å². The maximum absolute atomic E-state index is 5.28. The van der Waals surface area contributed by atoms with E-state index in [-0.39, 0.29) is 0 Å². The molecular formula is C6H14N2. The van der Waals surface area contributed by atoms with Gasteiger partial charge in [0.1, 0.15) is 0 Å². The molecule has 0 aliphatic heterocycles. The van der Waals surface area contributed by atoms with Crippen LogP contribution in [0, 0.1) is 0 Å². The van der Waals surface area contributed by atoms with Crippen molar-refractivity contribution >= 4 is 5.84 Å². The summed E-state index contributed by atoms with van der Waals surface area (Å²) in [5.41, 5.74) is 5.28. The molecule has 0 amide bonds. The van der Waals surface area contributed by atoms with E-state index < -0.39 is 0 Å². The Morgan fingerprint density at radius 2 is 2.25 bits per heavy atom. The summed E-state index contributed by atoms with van der Waals surface area (Å²) in [6.07, 6.45) is 2.34. The quantitative estimate of drug-likeness (QED) is 0.334. The minimum absolute atomic E-state index is 0.693. The lowest BCUT2D eigenvalue weighted by Gasteiger charge is -1.89. The minimum atomic E-state index is 0.693. The van der Waals surface area contributed by atoms with Crippen LogP contribution in [-0.2, 0) is 0 Å². The van der Waals surface area contributed by atoms with Gasteiger partial charge in [0.2, 0.25) is 0 Å². The summed E-state index contributed by atoms with van der Waals surface area (Å²) < 4.78 is 0. The van der Waals surface area contributed by atoms with Crippen LogP contribution >= 0.6 is 0 Å². The largest absolute Gasteiger partial charge is 0.388 e. The Morgan fingerprint density at radius 3 is 2.62 bits per heavy atom. The van der Waals surface area contributed by atoms with Gasteiger partial charge in [-0.15, -0.1) is 0 Å². The van der Waals surface area contributed by atoms with Gasteiger partial charge < -0.3 is 5.73 Å². The third-order valence-electron chi connectivity index (χ3n) is 0.873. The van der Waals surface area contributed by atoms with E-state index in [0.717, 1.165) is 13.0 Å². The second kappa shape index (κ2) is 4.62. The molecule has 0 aliphatic rings. The molecular weight excluding hydrogens is 100 g/mol. The van der Waals surface area contributed by atoms with Crippen molar-refractivity contribution in [2.45, 2.75) is 26.7 Å². The molecule has 0 unspecified atom stereocenters. The van der Waals surface area contributed by atoms with Gasteiger partial charge in [0.25, 0.3) is 0 Å². The molecule has 0 bridgehead atoms. The van der Waals surface area contributed by atoms with Crippen LogP contribution in [0.15, 0.2) is 4.99 Å². The fourth-order valence-corrected chi connectivity index (χ4v) is 0.414. The van der Waals surface area contributed by atoms with Crippen molar-refractivity contribution in [2.75, 3.05) is 6.54 Å². The summed E-state index contributed by atoms with van der Waals surface area (Å²) in [6.45, 7) is 4.84. The Labute approximate surface area is 50.8 Å².